The first kappa shape index (κ1) is 44.9. The van der Waals surface area contributed by atoms with Gasteiger partial charge in [-0.15, -0.1) is 40.8 Å². The third-order valence-corrected chi connectivity index (χ3v) is 15.7. The summed E-state index contributed by atoms with van der Waals surface area (Å²) in [6.07, 6.45) is 2.83. The number of nitrogens with zero attached hydrogens (tertiary/aromatic N) is 5. The number of hydrogen-bond acceptors (Lipinski definition) is 4. The number of hydrogen-bond donors (Lipinski definition) is 0. The maximum atomic E-state index is 5.97. The quantitative estimate of drug-likeness (QED) is 0.161. The van der Waals surface area contributed by atoms with Gasteiger partial charge < -0.3 is 19.4 Å². The number of anilines is 4. The molecule has 344 valence electrons. The van der Waals surface area contributed by atoms with Crippen molar-refractivity contribution in [3.05, 3.63) is 214 Å². The minimum Gasteiger partial charge on any atom is -0.357 e. The van der Waals surface area contributed by atoms with E-state index in [9.17, 15) is 0 Å². The van der Waals surface area contributed by atoms with E-state index in [1.54, 1.807) is 0 Å². The van der Waals surface area contributed by atoms with Crippen molar-refractivity contribution in [2.45, 2.75) is 97.6 Å². The van der Waals surface area contributed by atoms with Crippen LogP contribution in [-0.2, 0) is 43.9 Å². The number of pyridine rings is 1. The standard InChI is InChI=1S/C63H57N5.Pt/c1-39-30-40(2)58(41(3)31-39)68-59(65-63(10)50-24-16-14-22-43(50)38-62(63,68)9)45-32-44(42-20-12-11-13-21-42)33-47(34-45)66-54-27-19-17-25-51(54)61(7,8)52-36-49-48-23-15-18-26-53(48)67(55(49)37-56(52)66)57-35-46(28-29-64-57)60(4,5)6;/h11-33,35-36H,38H2,1-10H3;/q-2;+2/t62-,63+;/m0./s1. The van der Waals surface area contributed by atoms with E-state index in [4.69, 9.17) is 9.98 Å². The van der Waals surface area contributed by atoms with Gasteiger partial charge in [-0.1, -0.05) is 160 Å². The van der Waals surface area contributed by atoms with Crippen molar-refractivity contribution >= 4 is 50.4 Å². The van der Waals surface area contributed by atoms with Crippen LogP contribution in [0.2, 0.25) is 0 Å². The number of rotatable bonds is 5. The van der Waals surface area contributed by atoms with Gasteiger partial charge in [-0.2, -0.15) is 6.07 Å². The van der Waals surface area contributed by atoms with E-state index >= 15 is 0 Å². The predicted octanol–water partition coefficient (Wildman–Crippen LogP) is 15.3. The van der Waals surface area contributed by atoms with Crippen LogP contribution in [0, 0.1) is 32.9 Å². The topological polar surface area (TPSA) is 36.7 Å². The first-order valence-electron chi connectivity index (χ1n) is 24.1. The molecule has 2 aliphatic heterocycles. The Balaban J connectivity index is 0.00000520. The zero-order valence-electron chi connectivity index (χ0n) is 41.2. The van der Waals surface area contributed by atoms with E-state index in [2.05, 4.69) is 241 Å². The average molecular weight is 1080 g/mol. The largest absolute Gasteiger partial charge is 2.00 e. The van der Waals surface area contributed by atoms with Crippen molar-refractivity contribution < 1.29 is 21.1 Å². The second kappa shape index (κ2) is 15.7. The number of para-hydroxylation sites is 2. The maximum absolute atomic E-state index is 5.97. The SMILES string of the molecule is Cc1cc(C)c(N2C(c3[c-]c(N4c5[c-]c6c(cc5C(C)(C)c5ccccc54)c4ccccc4n6-c4cc(C(C)(C)C)ccn4)cc(-c4ccccc4)c3)=N[C@]3(C)c4ccccc4C[C@]23C)c(C)c1.[Pt+2]. The Kier molecular flexibility index (Phi) is 10.2. The van der Waals surface area contributed by atoms with E-state index in [1.807, 2.05) is 6.20 Å². The van der Waals surface area contributed by atoms with Gasteiger partial charge in [-0.3, -0.25) is 0 Å². The van der Waals surface area contributed by atoms with Crippen LogP contribution >= 0.6 is 0 Å². The number of benzene rings is 7. The summed E-state index contributed by atoms with van der Waals surface area (Å²) in [6.45, 7) is 23.0. The molecule has 0 amide bonds. The van der Waals surface area contributed by atoms with Gasteiger partial charge in [0.25, 0.3) is 0 Å². The maximum Gasteiger partial charge on any atom is 2.00 e. The van der Waals surface area contributed by atoms with Gasteiger partial charge in [0.15, 0.2) is 0 Å². The molecule has 69 heavy (non-hydrogen) atoms. The molecule has 9 aromatic rings. The number of aromatic nitrogens is 2. The molecule has 0 radical (unpaired) electrons. The Hall–Kier alpha value is -6.55. The van der Waals surface area contributed by atoms with Gasteiger partial charge in [-0.05, 0) is 126 Å². The fraction of sp³-hybridized carbons (Fsp3) is 0.238. The minimum atomic E-state index is -0.515. The fourth-order valence-corrected chi connectivity index (χ4v) is 12.1. The van der Waals surface area contributed by atoms with Gasteiger partial charge in [0.05, 0.1) is 16.9 Å². The van der Waals surface area contributed by atoms with Crippen LogP contribution in [0.4, 0.5) is 22.7 Å². The molecule has 0 N–H and O–H groups in total. The van der Waals surface area contributed by atoms with Crippen LogP contribution in [0.25, 0.3) is 38.8 Å². The Bertz CT molecular complexity index is 3570. The van der Waals surface area contributed by atoms with E-state index in [1.165, 1.54) is 55.6 Å². The molecule has 0 saturated carbocycles. The molecular formula is C63H57N5Pt. The summed E-state index contributed by atoms with van der Waals surface area (Å²) in [6, 6.07) is 61.8. The molecule has 12 rings (SSSR count). The summed E-state index contributed by atoms with van der Waals surface area (Å²) in [7, 11) is 0. The Morgan fingerprint density at radius 1 is 0.638 bits per heavy atom. The predicted molar refractivity (Wildman–Crippen MR) is 283 cm³/mol. The number of amidine groups is 1. The van der Waals surface area contributed by atoms with Gasteiger partial charge in [0.1, 0.15) is 5.82 Å². The summed E-state index contributed by atoms with van der Waals surface area (Å²) < 4.78 is 2.32. The number of aryl methyl sites for hydroxylation is 3. The molecule has 0 saturated heterocycles. The Morgan fingerprint density at radius 2 is 1.32 bits per heavy atom. The molecule has 2 atom stereocenters. The summed E-state index contributed by atoms with van der Waals surface area (Å²) in [4.78, 5) is 16.0. The summed E-state index contributed by atoms with van der Waals surface area (Å²) in [5.74, 6) is 1.82. The molecule has 0 fully saturated rings. The molecule has 0 spiro atoms. The number of aliphatic imine (C=N–C) groups is 1. The Labute approximate surface area is 421 Å². The Morgan fingerprint density at radius 3 is 2.07 bits per heavy atom. The van der Waals surface area contributed by atoms with Gasteiger partial charge in [0, 0.05) is 23.1 Å². The smallest absolute Gasteiger partial charge is 0.357 e. The summed E-state index contributed by atoms with van der Waals surface area (Å²) in [5.41, 5.74) is 18.4. The molecule has 7 aromatic carbocycles. The minimum absolute atomic E-state index is 0. The molecular weight excluding hydrogens is 1020 g/mol. The molecule has 2 aromatic heterocycles. The molecule has 3 aliphatic rings. The van der Waals surface area contributed by atoms with E-state index in [-0.39, 0.29) is 37.4 Å². The van der Waals surface area contributed by atoms with Crippen molar-refractivity contribution in [2.75, 3.05) is 9.80 Å². The molecule has 6 heteroatoms. The zero-order chi connectivity index (χ0) is 47.1. The van der Waals surface area contributed by atoms with Crippen molar-refractivity contribution in [3.8, 4) is 16.9 Å². The van der Waals surface area contributed by atoms with Crippen LogP contribution in [0.5, 0.6) is 0 Å². The van der Waals surface area contributed by atoms with Crippen LogP contribution in [0.1, 0.15) is 98.5 Å². The van der Waals surface area contributed by atoms with Gasteiger partial charge in [0.2, 0.25) is 0 Å². The molecule has 1 aliphatic carbocycles. The average Bonchev–Trinajstić information content (AvgIpc) is 3.85. The molecule has 0 unspecified atom stereocenters. The third kappa shape index (κ3) is 6.60. The molecule has 4 heterocycles. The van der Waals surface area contributed by atoms with Crippen LogP contribution in [0.3, 0.4) is 0 Å². The molecule has 5 nitrogen and oxygen atoms in total. The van der Waals surface area contributed by atoms with Crippen molar-refractivity contribution in [1.82, 2.24) is 9.55 Å². The monoisotopic (exact) mass is 1080 g/mol. The van der Waals surface area contributed by atoms with E-state index in [0.717, 1.165) is 68.2 Å². The summed E-state index contributed by atoms with van der Waals surface area (Å²) in [5, 5.41) is 2.34. The van der Waals surface area contributed by atoms with Crippen molar-refractivity contribution in [1.29, 1.82) is 0 Å². The van der Waals surface area contributed by atoms with Crippen LogP contribution in [-0.4, -0.2) is 20.9 Å². The first-order valence-corrected chi connectivity index (χ1v) is 24.1. The van der Waals surface area contributed by atoms with Gasteiger partial charge >= 0.3 is 21.1 Å². The first-order chi connectivity index (χ1) is 32.6. The van der Waals surface area contributed by atoms with Crippen LogP contribution in [0.15, 0.2) is 157 Å². The van der Waals surface area contributed by atoms with Crippen molar-refractivity contribution in [3.63, 3.8) is 0 Å². The van der Waals surface area contributed by atoms with Crippen molar-refractivity contribution in [2.24, 2.45) is 4.99 Å². The second-order valence-corrected chi connectivity index (χ2v) is 21.5. The summed E-state index contributed by atoms with van der Waals surface area (Å²) >= 11 is 0. The zero-order valence-corrected chi connectivity index (χ0v) is 43.5. The van der Waals surface area contributed by atoms with E-state index in [0.29, 0.717) is 0 Å². The normalized spacial score (nSPS) is 19.0. The van der Waals surface area contributed by atoms with Crippen LogP contribution < -0.4 is 9.80 Å². The fourth-order valence-electron chi connectivity index (χ4n) is 12.1. The molecule has 0 bridgehead atoms. The number of fused-ring (bicyclic) bond motifs is 8. The van der Waals surface area contributed by atoms with E-state index < -0.39 is 5.54 Å². The van der Waals surface area contributed by atoms with Gasteiger partial charge in [-0.25, -0.2) is 4.98 Å². The third-order valence-electron chi connectivity index (χ3n) is 15.7. The second-order valence-electron chi connectivity index (χ2n) is 21.5.